The van der Waals surface area contributed by atoms with E-state index in [-0.39, 0.29) is 36.5 Å². The first kappa shape index (κ1) is 30.0. The second-order valence-corrected chi connectivity index (χ2v) is 10.1. The Kier molecular flexibility index (Phi) is 12.5. The van der Waals surface area contributed by atoms with Crippen LogP contribution < -0.4 is 11.1 Å². The summed E-state index contributed by atoms with van der Waals surface area (Å²) < 4.78 is 11.1. The van der Waals surface area contributed by atoms with E-state index in [1.54, 1.807) is 0 Å². The quantitative estimate of drug-likeness (QED) is 0.152. The molecular weight excluding hydrogens is 779 g/mol. The van der Waals surface area contributed by atoms with Crippen LogP contribution in [0.4, 0.5) is 5.69 Å². The summed E-state index contributed by atoms with van der Waals surface area (Å²) in [6.07, 6.45) is -2.02. The van der Waals surface area contributed by atoms with Gasteiger partial charge in [0.2, 0.25) is 0 Å². The molecule has 0 saturated heterocycles. The number of hydrogen-bond donors (Lipinski definition) is 4. The number of carbonyl (C=O) groups excluding carboxylic acids is 4. The van der Waals surface area contributed by atoms with E-state index >= 15 is 0 Å². The van der Waals surface area contributed by atoms with Crippen molar-refractivity contribution in [1.29, 1.82) is 0 Å². The summed E-state index contributed by atoms with van der Waals surface area (Å²) in [7, 11) is 1.46. The highest BCUT2D eigenvalue weighted by atomic mass is 127. The van der Waals surface area contributed by atoms with Crippen LogP contribution in [0.2, 0.25) is 0 Å². The number of esters is 2. The Bertz CT molecular complexity index is 928. The number of halogens is 3. The molecule has 0 aliphatic carbocycles. The van der Waals surface area contributed by atoms with E-state index in [1.807, 2.05) is 67.8 Å². The van der Waals surface area contributed by atoms with Gasteiger partial charge in [0.05, 0.1) is 43.2 Å². The van der Waals surface area contributed by atoms with Gasteiger partial charge in [-0.05, 0) is 67.8 Å². The number of amides is 2. The molecule has 2 amide bonds. The number of nitrogens with two attached hydrogens (primary N) is 1. The third-order valence-electron chi connectivity index (χ3n) is 4.13. The van der Waals surface area contributed by atoms with Gasteiger partial charge < -0.3 is 35.6 Å². The second-order valence-electron chi connectivity index (χ2n) is 6.87. The highest BCUT2D eigenvalue weighted by Crippen LogP contribution is 2.34. The van der Waals surface area contributed by atoms with Gasteiger partial charge in [-0.3, -0.25) is 19.2 Å². The van der Waals surface area contributed by atoms with Crippen LogP contribution in [0.3, 0.4) is 0 Å². The number of hydrogen-bond acceptors (Lipinski definition) is 9. The second kappa shape index (κ2) is 13.8. The van der Waals surface area contributed by atoms with Gasteiger partial charge in [0.25, 0.3) is 11.8 Å². The number of nitrogens with zero attached hydrogens (tertiary/aromatic N) is 1. The van der Waals surface area contributed by atoms with E-state index in [0.29, 0.717) is 10.7 Å². The van der Waals surface area contributed by atoms with Crippen LogP contribution in [0.1, 0.15) is 34.6 Å². The minimum atomic E-state index is -1.12. The fourth-order valence-corrected chi connectivity index (χ4v) is 6.71. The Balaban J connectivity index is 3.24. The average Bonchev–Trinajstić information content (AvgIpc) is 2.73. The lowest BCUT2D eigenvalue weighted by Gasteiger charge is -2.23. The number of ether oxygens (including phenoxy) is 2. The van der Waals surface area contributed by atoms with Crippen LogP contribution >= 0.6 is 67.8 Å². The number of likely N-dealkylation sites (N-methyl/N-ethyl adjacent to an activating group) is 1. The molecular formula is C19H24I3N3O8. The molecule has 5 N–H and O–H groups in total. The van der Waals surface area contributed by atoms with Gasteiger partial charge in [-0.25, -0.2) is 0 Å². The topological polar surface area (TPSA) is 168 Å². The SMILES string of the molecule is CC(=O)OC[C@@H](CNC(=O)c1c(I)c(N)c(I)c(C(=O)N(C)C[C@H](O)CO)c1I)OC(C)=O. The van der Waals surface area contributed by atoms with E-state index in [0.717, 1.165) is 0 Å². The fourth-order valence-electron chi connectivity index (χ4n) is 2.59. The molecule has 184 valence electrons. The molecule has 0 bridgehead atoms. The van der Waals surface area contributed by atoms with Gasteiger partial charge in [-0.15, -0.1) is 0 Å². The third-order valence-corrected chi connectivity index (χ3v) is 7.45. The van der Waals surface area contributed by atoms with Crippen LogP contribution in [0.5, 0.6) is 0 Å². The highest BCUT2D eigenvalue weighted by molar-refractivity contribution is 14.1. The smallest absolute Gasteiger partial charge is 0.303 e. The normalized spacial score (nSPS) is 12.5. The average molecular weight is 803 g/mol. The number of anilines is 1. The molecule has 1 rings (SSSR count). The number of nitrogens with one attached hydrogen (secondary N) is 1. The molecule has 11 nitrogen and oxygen atoms in total. The number of nitrogen functional groups attached to an aromatic ring is 1. The van der Waals surface area contributed by atoms with Crippen molar-refractivity contribution in [3.05, 3.63) is 21.8 Å². The number of carbonyl (C=O) groups is 4. The van der Waals surface area contributed by atoms with Gasteiger partial charge >= 0.3 is 11.9 Å². The molecule has 0 spiro atoms. The van der Waals surface area contributed by atoms with Crippen molar-refractivity contribution >= 4 is 97.2 Å². The molecule has 14 heteroatoms. The molecule has 0 aliphatic heterocycles. The minimum absolute atomic E-state index is 0.116. The van der Waals surface area contributed by atoms with Crippen LogP contribution in [-0.4, -0.2) is 84.4 Å². The van der Waals surface area contributed by atoms with Gasteiger partial charge in [-0.2, -0.15) is 0 Å². The predicted molar refractivity (Wildman–Crippen MR) is 144 cm³/mol. The monoisotopic (exact) mass is 803 g/mol. The molecule has 0 aliphatic rings. The lowest BCUT2D eigenvalue weighted by Crippen LogP contribution is -2.39. The molecule has 33 heavy (non-hydrogen) atoms. The van der Waals surface area contributed by atoms with Crippen molar-refractivity contribution < 1.29 is 38.9 Å². The maximum atomic E-state index is 13.0. The van der Waals surface area contributed by atoms with Crippen molar-refractivity contribution in [3.8, 4) is 0 Å². The summed E-state index contributed by atoms with van der Waals surface area (Å²) >= 11 is 5.71. The molecule has 0 heterocycles. The highest BCUT2D eigenvalue weighted by Gasteiger charge is 2.29. The Hall–Kier alpha value is -0.990. The van der Waals surface area contributed by atoms with Gasteiger partial charge in [0.1, 0.15) is 6.61 Å². The number of aliphatic hydroxyl groups is 2. The van der Waals surface area contributed by atoms with E-state index in [4.69, 9.17) is 20.3 Å². The van der Waals surface area contributed by atoms with Gasteiger partial charge in [0, 0.05) is 31.0 Å². The zero-order valence-electron chi connectivity index (χ0n) is 18.0. The van der Waals surface area contributed by atoms with Crippen LogP contribution in [0.25, 0.3) is 0 Å². The van der Waals surface area contributed by atoms with Crippen molar-refractivity contribution in [3.63, 3.8) is 0 Å². The summed E-state index contributed by atoms with van der Waals surface area (Å²) in [5.41, 5.74) is 6.75. The number of aliphatic hydroxyl groups excluding tert-OH is 2. The zero-order chi connectivity index (χ0) is 25.5. The first-order valence-electron chi connectivity index (χ1n) is 9.40. The van der Waals surface area contributed by atoms with Gasteiger partial charge in [0.15, 0.2) is 6.10 Å². The molecule has 1 aromatic rings. The molecule has 0 aromatic heterocycles. The maximum absolute atomic E-state index is 13.0. The van der Waals surface area contributed by atoms with Crippen LogP contribution in [0, 0.1) is 10.7 Å². The summed E-state index contributed by atoms with van der Waals surface area (Å²) in [6.45, 7) is 1.39. The first-order valence-corrected chi connectivity index (χ1v) is 12.6. The largest absolute Gasteiger partial charge is 0.462 e. The maximum Gasteiger partial charge on any atom is 0.303 e. The van der Waals surface area contributed by atoms with E-state index in [9.17, 15) is 24.3 Å². The molecule has 0 saturated carbocycles. The minimum Gasteiger partial charge on any atom is -0.462 e. The van der Waals surface area contributed by atoms with Crippen molar-refractivity contribution in [1.82, 2.24) is 10.2 Å². The third kappa shape index (κ3) is 8.62. The lowest BCUT2D eigenvalue weighted by atomic mass is 10.1. The summed E-state index contributed by atoms with van der Waals surface area (Å²) in [5.74, 6) is -2.23. The standard InChI is InChI=1S/C19H24I3N3O8/c1-8(27)32-7-11(33-9(2)28)4-24-18(30)12-14(20)13(16(22)17(23)15(12)21)19(31)25(3)5-10(29)6-26/h10-11,26,29H,4-7,23H2,1-3H3,(H,24,30)/t10-,11+/m0/s1. The molecule has 0 unspecified atom stereocenters. The summed E-state index contributed by atoms with van der Waals surface area (Å²) in [6, 6.07) is 0. The Morgan fingerprint density at radius 2 is 1.64 bits per heavy atom. The first-order chi connectivity index (χ1) is 15.3. The predicted octanol–water partition coefficient (Wildman–Crippen LogP) is 0.732. The van der Waals surface area contributed by atoms with E-state index in [2.05, 4.69) is 5.32 Å². The molecule has 0 fully saturated rings. The fraction of sp³-hybridized carbons (Fsp3) is 0.474. The summed E-state index contributed by atoms with van der Waals surface area (Å²) in [4.78, 5) is 49.7. The molecule has 1 aromatic carbocycles. The van der Waals surface area contributed by atoms with E-state index in [1.165, 1.54) is 25.8 Å². The zero-order valence-corrected chi connectivity index (χ0v) is 24.5. The van der Waals surface area contributed by atoms with Crippen molar-refractivity contribution in [2.75, 3.05) is 39.1 Å². The van der Waals surface area contributed by atoms with Crippen LogP contribution in [0.15, 0.2) is 0 Å². The number of rotatable bonds is 10. The molecule has 0 radical (unpaired) electrons. The lowest BCUT2D eigenvalue weighted by molar-refractivity contribution is -0.155. The van der Waals surface area contributed by atoms with E-state index < -0.39 is 42.6 Å². The number of benzene rings is 1. The Labute approximate surface area is 231 Å². The van der Waals surface area contributed by atoms with Crippen LogP contribution in [-0.2, 0) is 19.1 Å². The molecule has 2 atom stereocenters. The Morgan fingerprint density at radius 1 is 1.06 bits per heavy atom. The van der Waals surface area contributed by atoms with Crippen molar-refractivity contribution in [2.24, 2.45) is 0 Å². The Morgan fingerprint density at radius 3 is 2.15 bits per heavy atom. The summed E-state index contributed by atoms with van der Waals surface area (Å²) in [5, 5.41) is 21.3. The van der Waals surface area contributed by atoms with Gasteiger partial charge in [-0.1, -0.05) is 0 Å². The van der Waals surface area contributed by atoms with Crippen molar-refractivity contribution in [2.45, 2.75) is 26.1 Å².